The zero-order chi connectivity index (χ0) is 16.8. The smallest absolute Gasteiger partial charge is 0.320 e. The predicted octanol–water partition coefficient (Wildman–Crippen LogP) is 2.09. The summed E-state index contributed by atoms with van der Waals surface area (Å²) in [5.41, 5.74) is 0.503. The van der Waals surface area contributed by atoms with Crippen LogP contribution in [0.4, 0.5) is 15.0 Å². The standard InChI is InChI=1S/C16H17FN6O/c17-14-5-2-1-4-13(14)12-23-15(6-8-20-23)21-16(24)18-9-11-22-10-3-7-19-22/h1-8,10H,9,11-12H2,(H2,18,21,24). The number of urea groups is 1. The lowest BCUT2D eigenvalue weighted by molar-refractivity contribution is 0.251. The second-order valence-corrected chi connectivity index (χ2v) is 5.12. The molecule has 0 saturated carbocycles. The third kappa shape index (κ3) is 3.97. The van der Waals surface area contributed by atoms with E-state index in [1.54, 1.807) is 41.3 Å². The minimum atomic E-state index is -0.350. The van der Waals surface area contributed by atoms with Gasteiger partial charge in [0.2, 0.25) is 0 Å². The molecule has 8 heteroatoms. The molecule has 0 radical (unpaired) electrons. The zero-order valence-corrected chi connectivity index (χ0v) is 12.9. The average molecular weight is 328 g/mol. The Labute approximate surface area is 138 Å². The lowest BCUT2D eigenvalue weighted by atomic mass is 10.2. The molecule has 0 saturated heterocycles. The fraction of sp³-hybridized carbons (Fsp3) is 0.188. The van der Waals surface area contributed by atoms with E-state index in [4.69, 9.17) is 0 Å². The molecular weight excluding hydrogens is 311 g/mol. The summed E-state index contributed by atoms with van der Waals surface area (Å²) in [5, 5.41) is 13.6. The Hall–Kier alpha value is -3.16. The molecule has 1 aromatic carbocycles. The molecule has 2 N–H and O–H groups in total. The first-order chi connectivity index (χ1) is 11.7. The Balaban J connectivity index is 1.55. The van der Waals surface area contributed by atoms with Crippen molar-refractivity contribution in [1.29, 1.82) is 0 Å². The molecule has 0 spiro atoms. The van der Waals surface area contributed by atoms with E-state index in [-0.39, 0.29) is 18.4 Å². The van der Waals surface area contributed by atoms with Gasteiger partial charge in [0.15, 0.2) is 0 Å². The van der Waals surface area contributed by atoms with Gasteiger partial charge in [0, 0.05) is 30.6 Å². The molecule has 0 atom stereocenters. The van der Waals surface area contributed by atoms with Crippen molar-refractivity contribution in [2.24, 2.45) is 0 Å². The number of nitrogens with one attached hydrogen (secondary N) is 2. The number of benzene rings is 1. The minimum Gasteiger partial charge on any atom is -0.336 e. The Bertz CT molecular complexity index is 799. The van der Waals surface area contributed by atoms with Crippen molar-refractivity contribution in [3.63, 3.8) is 0 Å². The number of rotatable bonds is 6. The first-order valence-corrected chi connectivity index (χ1v) is 7.50. The minimum absolute atomic E-state index is 0.239. The number of carbonyl (C=O) groups is 1. The predicted molar refractivity (Wildman–Crippen MR) is 87.0 cm³/mol. The van der Waals surface area contributed by atoms with Crippen LogP contribution < -0.4 is 10.6 Å². The summed E-state index contributed by atoms with van der Waals surface area (Å²) >= 11 is 0. The highest BCUT2D eigenvalue weighted by atomic mass is 19.1. The molecule has 2 amide bonds. The highest BCUT2D eigenvalue weighted by Crippen LogP contribution is 2.12. The molecule has 3 aromatic rings. The van der Waals surface area contributed by atoms with Gasteiger partial charge in [0.05, 0.1) is 19.3 Å². The number of anilines is 1. The lowest BCUT2D eigenvalue weighted by Crippen LogP contribution is -2.32. The maximum Gasteiger partial charge on any atom is 0.320 e. The van der Waals surface area contributed by atoms with E-state index >= 15 is 0 Å². The number of nitrogens with zero attached hydrogens (tertiary/aromatic N) is 4. The summed E-state index contributed by atoms with van der Waals surface area (Å²) < 4.78 is 17.0. The summed E-state index contributed by atoms with van der Waals surface area (Å²) in [6.07, 6.45) is 5.06. The van der Waals surface area contributed by atoms with Gasteiger partial charge in [-0.2, -0.15) is 10.2 Å². The molecule has 0 fully saturated rings. The van der Waals surface area contributed by atoms with E-state index in [1.807, 2.05) is 12.3 Å². The van der Waals surface area contributed by atoms with Crippen LogP contribution in [0.2, 0.25) is 0 Å². The largest absolute Gasteiger partial charge is 0.336 e. The van der Waals surface area contributed by atoms with E-state index in [9.17, 15) is 9.18 Å². The fourth-order valence-electron chi connectivity index (χ4n) is 2.23. The fourth-order valence-corrected chi connectivity index (χ4v) is 2.23. The lowest BCUT2D eigenvalue weighted by Gasteiger charge is -2.10. The summed E-state index contributed by atoms with van der Waals surface area (Å²) in [6.45, 7) is 1.26. The third-order valence-corrected chi connectivity index (χ3v) is 3.42. The van der Waals surface area contributed by atoms with Crippen molar-refractivity contribution in [1.82, 2.24) is 24.9 Å². The van der Waals surface area contributed by atoms with Crippen molar-refractivity contribution in [3.8, 4) is 0 Å². The molecule has 0 bridgehead atoms. The van der Waals surface area contributed by atoms with Crippen LogP contribution in [0.1, 0.15) is 5.56 Å². The first kappa shape index (κ1) is 15.7. The molecule has 2 aromatic heterocycles. The van der Waals surface area contributed by atoms with Gasteiger partial charge in [0.1, 0.15) is 11.6 Å². The van der Waals surface area contributed by atoms with Crippen molar-refractivity contribution >= 4 is 11.8 Å². The van der Waals surface area contributed by atoms with Gasteiger partial charge in [0.25, 0.3) is 0 Å². The molecule has 124 valence electrons. The summed E-state index contributed by atoms with van der Waals surface area (Å²) in [5.74, 6) is 0.192. The van der Waals surface area contributed by atoms with Crippen molar-refractivity contribution in [3.05, 3.63) is 66.4 Å². The van der Waals surface area contributed by atoms with Crippen molar-refractivity contribution in [2.45, 2.75) is 13.1 Å². The Morgan fingerprint density at radius 3 is 2.79 bits per heavy atom. The van der Waals surface area contributed by atoms with Gasteiger partial charge < -0.3 is 5.32 Å². The number of halogens is 1. The Kier molecular flexibility index (Phi) is 4.85. The monoisotopic (exact) mass is 328 g/mol. The first-order valence-electron chi connectivity index (χ1n) is 7.50. The number of carbonyl (C=O) groups excluding carboxylic acids is 1. The Morgan fingerprint density at radius 1 is 1.12 bits per heavy atom. The van der Waals surface area contributed by atoms with E-state index in [0.29, 0.717) is 24.5 Å². The molecule has 0 aliphatic rings. The maximum absolute atomic E-state index is 13.7. The second kappa shape index (κ2) is 7.40. The zero-order valence-electron chi connectivity index (χ0n) is 12.9. The summed E-state index contributed by atoms with van der Waals surface area (Å²) in [4.78, 5) is 11.9. The number of hydrogen-bond donors (Lipinski definition) is 2. The van der Waals surface area contributed by atoms with E-state index in [2.05, 4.69) is 20.8 Å². The number of aromatic nitrogens is 4. The van der Waals surface area contributed by atoms with E-state index < -0.39 is 0 Å². The van der Waals surface area contributed by atoms with Gasteiger partial charge in [-0.05, 0) is 12.1 Å². The quantitative estimate of drug-likeness (QED) is 0.727. The molecular formula is C16H17FN6O. The molecule has 0 aliphatic heterocycles. The molecule has 0 aliphatic carbocycles. The average Bonchev–Trinajstić information content (AvgIpc) is 3.22. The van der Waals surface area contributed by atoms with Crippen LogP contribution in [-0.4, -0.2) is 32.1 Å². The SMILES string of the molecule is O=C(NCCn1cccn1)Nc1ccnn1Cc1ccccc1F. The van der Waals surface area contributed by atoms with Crippen LogP contribution in [0.15, 0.2) is 55.0 Å². The van der Waals surface area contributed by atoms with Crippen molar-refractivity contribution < 1.29 is 9.18 Å². The van der Waals surface area contributed by atoms with Gasteiger partial charge in [-0.25, -0.2) is 13.9 Å². The van der Waals surface area contributed by atoms with Crippen LogP contribution in [0.25, 0.3) is 0 Å². The molecule has 2 heterocycles. The Morgan fingerprint density at radius 2 is 2.00 bits per heavy atom. The van der Waals surface area contributed by atoms with Gasteiger partial charge in [-0.3, -0.25) is 10.00 Å². The van der Waals surface area contributed by atoms with Gasteiger partial charge in [-0.15, -0.1) is 0 Å². The van der Waals surface area contributed by atoms with Crippen LogP contribution in [-0.2, 0) is 13.1 Å². The topological polar surface area (TPSA) is 76.8 Å². The normalized spacial score (nSPS) is 10.5. The van der Waals surface area contributed by atoms with Crippen molar-refractivity contribution in [2.75, 3.05) is 11.9 Å². The maximum atomic E-state index is 13.7. The molecule has 24 heavy (non-hydrogen) atoms. The van der Waals surface area contributed by atoms with Crippen LogP contribution in [0.3, 0.4) is 0 Å². The van der Waals surface area contributed by atoms with E-state index in [1.165, 1.54) is 10.7 Å². The van der Waals surface area contributed by atoms with Gasteiger partial charge >= 0.3 is 6.03 Å². The second-order valence-electron chi connectivity index (χ2n) is 5.12. The third-order valence-electron chi connectivity index (χ3n) is 3.42. The summed E-state index contributed by atoms with van der Waals surface area (Å²) in [7, 11) is 0. The van der Waals surface area contributed by atoms with E-state index in [0.717, 1.165) is 0 Å². The molecule has 3 rings (SSSR count). The van der Waals surface area contributed by atoms with Crippen LogP contribution in [0, 0.1) is 5.82 Å². The van der Waals surface area contributed by atoms with Gasteiger partial charge in [-0.1, -0.05) is 18.2 Å². The summed E-state index contributed by atoms with van der Waals surface area (Å²) in [6, 6.07) is 9.61. The number of amides is 2. The van der Waals surface area contributed by atoms with Crippen LogP contribution >= 0.6 is 0 Å². The highest BCUT2D eigenvalue weighted by Gasteiger charge is 2.09. The number of hydrogen-bond acceptors (Lipinski definition) is 3. The highest BCUT2D eigenvalue weighted by molar-refractivity contribution is 5.88. The van der Waals surface area contributed by atoms with Crippen LogP contribution in [0.5, 0.6) is 0 Å². The molecule has 0 unspecified atom stereocenters. The molecule has 7 nitrogen and oxygen atoms in total.